The van der Waals surface area contributed by atoms with Gasteiger partial charge in [-0.3, -0.25) is 0 Å². The Hall–Kier alpha value is -1.15. The maximum Gasteiger partial charge on any atom is 0.165 e. The normalized spacial score (nSPS) is 11.5. The quantitative estimate of drug-likeness (QED) is 0.548. The van der Waals surface area contributed by atoms with Crippen LogP contribution in [0.25, 0.3) is 16.8 Å². The minimum absolute atomic E-state index is 0.557. The van der Waals surface area contributed by atoms with E-state index in [0.29, 0.717) is 5.82 Å². The first-order valence-electron chi connectivity index (χ1n) is 7.89. The molecule has 0 aromatic carbocycles. The smallest absolute Gasteiger partial charge is 0.165 e. The average molecular weight is 429 g/mol. The molecule has 0 radical (unpaired) electrons. The number of hydrogen-bond acceptors (Lipinski definition) is 5. The summed E-state index contributed by atoms with van der Waals surface area (Å²) in [5.41, 5.74) is 9.75. The van der Waals surface area contributed by atoms with E-state index in [9.17, 15) is 0 Å². The Bertz CT molecular complexity index is 844. The van der Waals surface area contributed by atoms with Gasteiger partial charge in [-0.2, -0.15) is 9.61 Å². The van der Waals surface area contributed by atoms with Gasteiger partial charge in [-0.1, -0.05) is 24.9 Å². The summed E-state index contributed by atoms with van der Waals surface area (Å²) < 4.78 is 3.19. The Balaban J connectivity index is 1.93. The number of rotatable bonds is 7. The lowest BCUT2D eigenvalue weighted by Gasteiger charge is -2.10. The molecule has 3 rings (SSSR count). The van der Waals surface area contributed by atoms with Crippen LogP contribution in [0, 0.1) is 0 Å². The Morgan fingerprint density at radius 3 is 2.92 bits per heavy atom. The number of fused-ring (bicyclic) bond motifs is 1. The van der Waals surface area contributed by atoms with E-state index in [0.717, 1.165) is 50.8 Å². The second-order valence-corrected chi connectivity index (χ2v) is 7.82. The molecular weight excluding hydrogens is 410 g/mol. The monoisotopic (exact) mass is 427 g/mol. The first-order valence-corrected chi connectivity index (χ1v) is 9.94. The third kappa shape index (κ3) is 3.44. The lowest BCUT2D eigenvalue weighted by molar-refractivity contribution is 0.635. The molecule has 3 heterocycles. The van der Waals surface area contributed by atoms with Crippen LogP contribution in [0.15, 0.2) is 22.1 Å². The number of aromatic nitrogens is 3. The van der Waals surface area contributed by atoms with E-state index in [1.165, 1.54) is 24.2 Å². The topological polar surface area (TPSA) is 68.2 Å². The van der Waals surface area contributed by atoms with Gasteiger partial charge in [0.2, 0.25) is 0 Å². The number of halogens is 2. The van der Waals surface area contributed by atoms with Crippen molar-refractivity contribution in [1.29, 1.82) is 0 Å². The van der Waals surface area contributed by atoms with Gasteiger partial charge in [-0.05, 0) is 40.3 Å². The van der Waals surface area contributed by atoms with Crippen LogP contribution in [-0.2, 0) is 6.42 Å². The molecule has 3 aromatic heterocycles. The fourth-order valence-electron chi connectivity index (χ4n) is 2.52. The zero-order valence-corrected chi connectivity index (χ0v) is 16.5. The predicted octanol–water partition coefficient (Wildman–Crippen LogP) is 4.39. The van der Waals surface area contributed by atoms with Gasteiger partial charge < -0.3 is 11.1 Å². The summed E-state index contributed by atoms with van der Waals surface area (Å²) in [6.45, 7) is 4.07. The van der Waals surface area contributed by atoms with Crippen molar-refractivity contribution in [3.05, 3.63) is 32.1 Å². The standard InChI is InChI=1S/C16H19BrClN5S/c1-2-3-6-20-7-4-12-13(17)15(19)23-16(22-12)11(9-21-23)10-5-8-24-14(10)18/h5,8-9,20H,2-4,6-7,19H2,1H3. The van der Waals surface area contributed by atoms with E-state index in [4.69, 9.17) is 22.3 Å². The van der Waals surface area contributed by atoms with Crippen molar-refractivity contribution in [2.45, 2.75) is 26.2 Å². The highest BCUT2D eigenvalue weighted by atomic mass is 79.9. The molecule has 0 aliphatic rings. The Kier molecular flexibility index (Phi) is 5.76. The molecule has 3 aromatic rings. The van der Waals surface area contributed by atoms with E-state index in [1.54, 1.807) is 10.7 Å². The number of thiophene rings is 1. The summed E-state index contributed by atoms with van der Waals surface area (Å²) in [5.74, 6) is 0.557. The summed E-state index contributed by atoms with van der Waals surface area (Å²) >= 11 is 11.3. The molecule has 5 nitrogen and oxygen atoms in total. The fourth-order valence-corrected chi connectivity index (χ4v) is 3.92. The molecule has 0 saturated carbocycles. The zero-order valence-electron chi connectivity index (χ0n) is 13.4. The van der Waals surface area contributed by atoms with Crippen LogP contribution in [0.5, 0.6) is 0 Å². The number of nitrogens with one attached hydrogen (secondary N) is 1. The molecule has 0 amide bonds. The van der Waals surface area contributed by atoms with Gasteiger partial charge in [-0.15, -0.1) is 11.3 Å². The molecule has 128 valence electrons. The maximum atomic E-state index is 6.28. The molecular formula is C16H19BrClN5S. The Morgan fingerprint density at radius 2 is 2.21 bits per heavy atom. The van der Waals surface area contributed by atoms with Crippen molar-refractivity contribution in [1.82, 2.24) is 19.9 Å². The SMILES string of the molecule is CCCCNCCc1nc2c(-c3ccsc3Cl)cnn2c(N)c1Br. The van der Waals surface area contributed by atoms with E-state index in [1.807, 2.05) is 11.4 Å². The van der Waals surface area contributed by atoms with E-state index in [-0.39, 0.29) is 0 Å². The number of nitrogens with zero attached hydrogens (tertiary/aromatic N) is 3. The van der Waals surface area contributed by atoms with Crippen molar-refractivity contribution in [3.8, 4) is 11.1 Å². The van der Waals surface area contributed by atoms with Crippen LogP contribution < -0.4 is 11.1 Å². The lowest BCUT2D eigenvalue weighted by Crippen LogP contribution is -2.19. The van der Waals surface area contributed by atoms with Crippen molar-refractivity contribution >= 4 is 50.3 Å². The zero-order chi connectivity index (χ0) is 17.1. The fraction of sp³-hybridized carbons (Fsp3) is 0.375. The number of nitrogen functional groups attached to an aromatic ring is 1. The molecule has 3 N–H and O–H groups in total. The molecule has 0 aliphatic carbocycles. The lowest BCUT2D eigenvalue weighted by atomic mass is 10.2. The Labute approximate surface area is 158 Å². The highest BCUT2D eigenvalue weighted by molar-refractivity contribution is 9.10. The summed E-state index contributed by atoms with van der Waals surface area (Å²) in [6, 6.07) is 1.98. The van der Waals surface area contributed by atoms with Crippen LogP contribution in [0.4, 0.5) is 5.82 Å². The Morgan fingerprint density at radius 1 is 1.38 bits per heavy atom. The van der Waals surface area contributed by atoms with Crippen molar-refractivity contribution < 1.29 is 0 Å². The third-order valence-electron chi connectivity index (χ3n) is 3.84. The van der Waals surface area contributed by atoms with E-state index < -0.39 is 0 Å². The summed E-state index contributed by atoms with van der Waals surface area (Å²) in [4.78, 5) is 4.79. The average Bonchev–Trinajstić information content (AvgIpc) is 3.17. The predicted molar refractivity (Wildman–Crippen MR) is 105 cm³/mol. The third-order valence-corrected chi connectivity index (χ3v) is 5.88. The van der Waals surface area contributed by atoms with Crippen molar-refractivity contribution in [3.63, 3.8) is 0 Å². The van der Waals surface area contributed by atoms with Gasteiger partial charge in [0.05, 0.1) is 16.4 Å². The minimum Gasteiger partial charge on any atom is -0.383 e. The number of anilines is 1. The molecule has 0 atom stereocenters. The van der Waals surface area contributed by atoms with Crippen LogP contribution in [-0.4, -0.2) is 27.7 Å². The molecule has 0 aliphatic heterocycles. The number of nitrogens with two attached hydrogens (primary N) is 1. The molecule has 8 heteroatoms. The minimum atomic E-state index is 0.557. The number of unbranched alkanes of at least 4 members (excludes halogenated alkanes) is 1. The molecule has 0 fully saturated rings. The molecule has 0 unspecified atom stereocenters. The van der Waals surface area contributed by atoms with Gasteiger partial charge in [0, 0.05) is 24.1 Å². The summed E-state index contributed by atoms with van der Waals surface area (Å²) in [7, 11) is 0. The largest absolute Gasteiger partial charge is 0.383 e. The van der Waals surface area contributed by atoms with Gasteiger partial charge in [0.15, 0.2) is 5.65 Å². The van der Waals surface area contributed by atoms with Gasteiger partial charge in [0.25, 0.3) is 0 Å². The van der Waals surface area contributed by atoms with Crippen LogP contribution >= 0.6 is 38.9 Å². The van der Waals surface area contributed by atoms with Gasteiger partial charge in [-0.25, -0.2) is 4.98 Å². The van der Waals surface area contributed by atoms with Gasteiger partial charge >= 0.3 is 0 Å². The first kappa shape index (κ1) is 17.7. The second kappa shape index (κ2) is 7.82. The van der Waals surface area contributed by atoms with Crippen LogP contribution in [0.1, 0.15) is 25.5 Å². The van der Waals surface area contributed by atoms with Gasteiger partial charge in [0.1, 0.15) is 10.2 Å². The van der Waals surface area contributed by atoms with E-state index in [2.05, 4.69) is 33.3 Å². The van der Waals surface area contributed by atoms with E-state index >= 15 is 0 Å². The number of hydrogen-bond donors (Lipinski definition) is 2. The van der Waals surface area contributed by atoms with Crippen LogP contribution in [0.2, 0.25) is 4.34 Å². The van der Waals surface area contributed by atoms with Crippen molar-refractivity contribution in [2.75, 3.05) is 18.8 Å². The molecule has 0 bridgehead atoms. The van der Waals surface area contributed by atoms with Crippen molar-refractivity contribution in [2.24, 2.45) is 0 Å². The first-order chi connectivity index (χ1) is 11.6. The maximum absolute atomic E-state index is 6.28. The summed E-state index contributed by atoms with van der Waals surface area (Å²) in [5, 5.41) is 9.76. The molecule has 0 spiro atoms. The highest BCUT2D eigenvalue weighted by Crippen LogP contribution is 2.36. The molecule has 0 saturated heterocycles. The molecule has 24 heavy (non-hydrogen) atoms. The summed E-state index contributed by atoms with van der Waals surface area (Å²) in [6.07, 6.45) is 4.93. The van der Waals surface area contributed by atoms with Crippen LogP contribution in [0.3, 0.4) is 0 Å². The highest BCUT2D eigenvalue weighted by Gasteiger charge is 2.17. The second-order valence-electron chi connectivity index (χ2n) is 5.51.